The maximum atomic E-state index is 11.4. The highest BCUT2D eigenvalue weighted by Crippen LogP contribution is 2.36. The number of rotatable bonds is 7. The van der Waals surface area contributed by atoms with Crippen LogP contribution < -0.4 is 5.32 Å². The van der Waals surface area contributed by atoms with E-state index in [1.165, 1.54) is 38.5 Å². The van der Waals surface area contributed by atoms with Gasteiger partial charge in [-0.2, -0.15) is 0 Å². The lowest BCUT2D eigenvalue weighted by Gasteiger charge is -2.33. The minimum atomic E-state index is -0.00115. The third-order valence-corrected chi connectivity index (χ3v) is 4.50. The second kappa shape index (κ2) is 8.39. The van der Waals surface area contributed by atoms with Crippen molar-refractivity contribution in [2.24, 2.45) is 17.8 Å². The summed E-state index contributed by atoms with van der Waals surface area (Å²) >= 11 is 0. The molecule has 0 aromatic heterocycles. The number of carbonyl (C=O) groups excluding carboxylic acids is 1. The van der Waals surface area contributed by atoms with Crippen molar-refractivity contribution in [2.45, 2.75) is 65.7 Å². The molecule has 1 aliphatic carbocycles. The van der Waals surface area contributed by atoms with Gasteiger partial charge >= 0.3 is 0 Å². The van der Waals surface area contributed by atoms with Gasteiger partial charge < -0.3 is 5.32 Å². The Morgan fingerprint density at radius 3 is 2.42 bits per heavy atom. The highest BCUT2D eigenvalue weighted by atomic mass is 16.1. The van der Waals surface area contributed by atoms with Gasteiger partial charge in [0.2, 0.25) is 5.91 Å². The molecule has 1 fully saturated rings. The maximum absolute atomic E-state index is 11.4. The summed E-state index contributed by atoms with van der Waals surface area (Å²) in [6.45, 7) is 10.9. The predicted molar refractivity (Wildman–Crippen MR) is 82.0 cm³/mol. The van der Waals surface area contributed by atoms with E-state index in [0.717, 1.165) is 30.7 Å². The van der Waals surface area contributed by atoms with Crippen molar-refractivity contribution in [1.29, 1.82) is 0 Å². The third kappa shape index (κ3) is 5.80. The van der Waals surface area contributed by atoms with Gasteiger partial charge in [0.05, 0.1) is 0 Å². The minimum Gasteiger partial charge on any atom is -0.352 e. The van der Waals surface area contributed by atoms with E-state index in [0.29, 0.717) is 5.57 Å². The Bertz CT molecular complexity index is 290. The lowest BCUT2D eigenvalue weighted by Crippen LogP contribution is -2.27. The molecule has 110 valence electrons. The van der Waals surface area contributed by atoms with Crippen LogP contribution in [0.1, 0.15) is 65.7 Å². The molecule has 0 aliphatic heterocycles. The van der Waals surface area contributed by atoms with E-state index in [-0.39, 0.29) is 5.91 Å². The average molecular weight is 265 g/mol. The molecular formula is C17H31NO. The van der Waals surface area contributed by atoms with Crippen LogP contribution >= 0.6 is 0 Å². The molecule has 1 unspecified atom stereocenters. The number of carbonyl (C=O) groups is 1. The van der Waals surface area contributed by atoms with E-state index in [4.69, 9.17) is 0 Å². The van der Waals surface area contributed by atoms with Crippen molar-refractivity contribution in [3.05, 3.63) is 12.2 Å². The standard InChI is InChI=1S/C17H31NO/c1-13(2)16(15-9-6-5-7-10-15)11-8-12-18-17(19)14(3)4/h13,15-16H,3,5-12H2,1-2,4H3,(H,18,19). The zero-order valence-electron chi connectivity index (χ0n) is 13.0. The molecule has 2 nitrogen and oxygen atoms in total. The number of hydrogen-bond acceptors (Lipinski definition) is 1. The molecule has 1 N–H and O–H groups in total. The molecular weight excluding hydrogens is 234 g/mol. The first kappa shape index (κ1) is 16.3. The van der Waals surface area contributed by atoms with Crippen LogP contribution in [0, 0.1) is 17.8 Å². The Hall–Kier alpha value is -0.790. The highest BCUT2D eigenvalue weighted by Gasteiger charge is 2.25. The predicted octanol–water partition coefficient (Wildman–Crippen LogP) is 4.31. The number of hydrogen-bond donors (Lipinski definition) is 1. The normalized spacial score (nSPS) is 18.3. The van der Waals surface area contributed by atoms with Gasteiger partial charge in [0.25, 0.3) is 0 Å². The Balaban J connectivity index is 2.29. The summed E-state index contributed by atoms with van der Waals surface area (Å²) < 4.78 is 0. The van der Waals surface area contributed by atoms with Crippen LogP contribution in [0.25, 0.3) is 0 Å². The van der Waals surface area contributed by atoms with Crippen LogP contribution in [-0.4, -0.2) is 12.5 Å². The fourth-order valence-electron chi connectivity index (χ4n) is 3.37. The van der Waals surface area contributed by atoms with Crippen molar-refractivity contribution in [3.63, 3.8) is 0 Å². The molecule has 0 aromatic carbocycles. The molecule has 1 saturated carbocycles. The van der Waals surface area contributed by atoms with E-state index in [1.807, 2.05) is 0 Å². The van der Waals surface area contributed by atoms with Gasteiger partial charge in [-0.1, -0.05) is 52.5 Å². The quantitative estimate of drug-likeness (QED) is 0.539. The smallest absolute Gasteiger partial charge is 0.246 e. The van der Waals surface area contributed by atoms with Gasteiger partial charge in [-0.25, -0.2) is 0 Å². The van der Waals surface area contributed by atoms with E-state index >= 15 is 0 Å². The fraction of sp³-hybridized carbons (Fsp3) is 0.824. The molecule has 1 rings (SSSR count). The Morgan fingerprint density at radius 2 is 1.89 bits per heavy atom. The Kier molecular flexibility index (Phi) is 7.19. The van der Waals surface area contributed by atoms with Crippen LogP contribution in [0.5, 0.6) is 0 Å². The van der Waals surface area contributed by atoms with Crippen LogP contribution in [0.3, 0.4) is 0 Å². The van der Waals surface area contributed by atoms with Gasteiger partial charge in [-0.3, -0.25) is 4.79 Å². The van der Waals surface area contributed by atoms with E-state index < -0.39 is 0 Å². The molecule has 0 spiro atoms. The SMILES string of the molecule is C=C(C)C(=O)NCCCC(C(C)C)C1CCCCC1. The van der Waals surface area contributed by atoms with Gasteiger partial charge in [-0.05, 0) is 37.5 Å². The highest BCUT2D eigenvalue weighted by molar-refractivity contribution is 5.91. The van der Waals surface area contributed by atoms with Crippen LogP contribution in [0.4, 0.5) is 0 Å². The molecule has 1 atom stereocenters. The lowest BCUT2D eigenvalue weighted by atomic mass is 9.73. The Morgan fingerprint density at radius 1 is 1.26 bits per heavy atom. The minimum absolute atomic E-state index is 0.00115. The second-order valence-electron chi connectivity index (χ2n) is 6.48. The number of amides is 1. The zero-order valence-corrected chi connectivity index (χ0v) is 13.0. The van der Waals surface area contributed by atoms with Gasteiger partial charge in [-0.15, -0.1) is 0 Å². The van der Waals surface area contributed by atoms with Crippen molar-refractivity contribution in [2.75, 3.05) is 6.54 Å². The summed E-state index contributed by atoms with van der Waals surface area (Å²) in [5.41, 5.74) is 0.604. The molecule has 0 aromatic rings. The summed E-state index contributed by atoms with van der Waals surface area (Å²) in [6, 6.07) is 0. The van der Waals surface area contributed by atoms with Gasteiger partial charge in [0, 0.05) is 12.1 Å². The molecule has 0 bridgehead atoms. The van der Waals surface area contributed by atoms with Crippen molar-refractivity contribution in [1.82, 2.24) is 5.32 Å². The van der Waals surface area contributed by atoms with E-state index in [2.05, 4.69) is 25.7 Å². The first-order valence-electron chi connectivity index (χ1n) is 7.96. The lowest BCUT2D eigenvalue weighted by molar-refractivity contribution is -0.117. The van der Waals surface area contributed by atoms with Crippen LogP contribution in [0.15, 0.2) is 12.2 Å². The monoisotopic (exact) mass is 265 g/mol. The average Bonchev–Trinajstić information content (AvgIpc) is 2.38. The third-order valence-electron chi connectivity index (χ3n) is 4.50. The van der Waals surface area contributed by atoms with Crippen molar-refractivity contribution in [3.8, 4) is 0 Å². The second-order valence-corrected chi connectivity index (χ2v) is 6.48. The molecule has 0 heterocycles. The molecule has 0 radical (unpaired) electrons. The summed E-state index contributed by atoms with van der Waals surface area (Å²) in [7, 11) is 0. The van der Waals surface area contributed by atoms with E-state index in [1.54, 1.807) is 6.92 Å². The molecule has 0 saturated heterocycles. The van der Waals surface area contributed by atoms with E-state index in [9.17, 15) is 4.79 Å². The molecule has 19 heavy (non-hydrogen) atoms. The summed E-state index contributed by atoms with van der Waals surface area (Å²) in [5, 5.41) is 2.94. The van der Waals surface area contributed by atoms with Crippen molar-refractivity contribution < 1.29 is 4.79 Å². The van der Waals surface area contributed by atoms with Crippen molar-refractivity contribution >= 4 is 5.91 Å². The summed E-state index contributed by atoms with van der Waals surface area (Å²) in [5.74, 6) is 2.52. The first-order chi connectivity index (χ1) is 9.02. The molecule has 1 amide bonds. The van der Waals surface area contributed by atoms with Gasteiger partial charge in [0.1, 0.15) is 0 Å². The first-order valence-corrected chi connectivity index (χ1v) is 7.96. The largest absolute Gasteiger partial charge is 0.352 e. The molecule has 2 heteroatoms. The topological polar surface area (TPSA) is 29.1 Å². The Labute approximate surface area is 119 Å². The zero-order chi connectivity index (χ0) is 14.3. The summed E-state index contributed by atoms with van der Waals surface area (Å²) in [4.78, 5) is 11.4. The van der Waals surface area contributed by atoms with Gasteiger partial charge in [0.15, 0.2) is 0 Å². The number of nitrogens with one attached hydrogen (secondary N) is 1. The summed E-state index contributed by atoms with van der Waals surface area (Å²) in [6.07, 6.45) is 9.44. The fourth-order valence-corrected chi connectivity index (χ4v) is 3.37. The molecule has 1 aliphatic rings. The van der Waals surface area contributed by atoms with Crippen LogP contribution in [-0.2, 0) is 4.79 Å². The maximum Gasteiger partial charge on any atom is 0.246 e. The van der Waals surface area contributed by atoms with Crippen LogP contribution in [0.2, 0.25) is 0 Å².